The number of carbonyl (C=O) groups excluding carboxylic acids is 1. The van der Waals surface area contributed by atoms with Gasteiger partial charge in [0.15, 0.2) is 0 Å². The van der Waals surface area contributed by atoms with Crippen molar-refractivity contribution < 1.29 is 19.4 Å². The van der Waals surface area contributed by atoms with Gasteiger partial charge in [0, 0.05) is 25.2 Å². The normalized spacial score (nSPS) is 46.3. The van der Waals surface area contributed by atoms with Crippen molar-refractivity contribution in [3.63, 3.8) is 0 Å². The highest BCUT2D eigenvalue weighted by Crippen LogP contribution is 2.57. The molecule has 4 heteroatoms. The fourth-order valence-electron chi connectivity index (χ4n) is 6.05. The van der Waals surface area contributed by atoms with Gasteiger partial charge in [-0.2, -0.15) is 0 Å². The van der Waals surface area contributed by atoms with Crippen molar-refractivity contribution in [2.24, 2.45) is 23.7 Å². The number of hydrogen-bond donors (Lipinski definition) is 1. The van der Waals surface area contributed by atoms with E-state index in [1.807, 2.05) is 6.92 Å². The summed E-state index contributed by atoms with van der Waals surface area (Å²) in [7, 11) is 0. The van der Waals surface area contributed by atoms with Gasteiger partial charge in [-0.3, -0.25) is 4.79 Å². The number of rotatable bonds is 2. The lowest BCUT2D eigenvalue weighted by molar-refractivity contribution is -0.175. The molecular weight excluding hydrogens is 328 g/mol. The van der Waals surface area contributed by atoms with Crippen molar-refractivity contribution in [3.8, 4) is 0 Å². The Kier molecular flexibility index (Phi) is 5.31. The summed E-state index contributed by atoms with van der Waals surface area (Å²) in [4.78, 5) is 11.9. The van der Waals surface area contributed by atoms with Crippen LogP contribution in [-0.4, -0.2) is 34.5 Å². The van der Waals surface area contributed by atoms with Crippen LogP contribution in [0.2, 0.25) is 0 Å². The van der Waals surface area contributed by atoms with Gasteiger partial charge >= 0.3 is 5.97 Å². The summed E-state index contributed by atoms with van der Waals surface area (Å²) in [6, 6.07) is 0. The molecule has 26 heavy (non-hydrogen) atoms. The fraction of sp³-hybridized carbons (Fsp3) is 0.864. The number of fused-ring (bicyclic) bond motifs is 5. The molecule has 1 N–H and O–H groups in total. The molecule has 2 bridgehead atoms. The number of hydrogen-bond acceptors (Lipinski definition) is 4. The van der Waals surface area contributed by atoms with E-state index in [1.165, 1.54) is 6.92 Å². The predicted octanol–water partition coefficient (Wildman–Crippen LogP) is 4.26. The first kappa shape index (κ1) is 19.9. The van der Waals surface area contributed by atoms with E-state index in [4.69, 9.17) is 9.47 Å². The molecule has 2 saturated heterocycles. The molecule has 148 valence electrons. The summed E-state index contributed by atoms with van der Waals surface area (Å²) in [5, 5.41) is 10.9. The van der Waals surface area contributed by atoms with Gasteiger partial charge < -0.3 is 14.6 Å². The summed E-state index contributed by atoms with van der Waals surface area (Å²) in [5.74, 6) is 1.26. The van der Waals surface area contributed by atoms with E-state index in [0.717, 1.165) is 37.7 Å². The second-order valence-electron chi connectivity index (χ2n) is 9.76. The minimum Gasteiger partial charge on any atom is -0.459 e. The van der Waals surface area contributed by atoms with E-state index in [2.05, 4.69) is 27.4 Å². The second-order valence-corrected chi connectivity index (χ2v) is 9.76. The molecule has 2 aliphatic heterocycles. The minimum atomic E-state index is -0.753. The van der Waals surface area contributed by atoms with Crippen LogP contribution in [0.15, 0.2) is 12.2 Å². The Morgan fingerprint density at radius 2 is 2.04 bits per heavy atom. The first-order valence-corrected chi connectivity index (χ1v) is 10.3. The molecule has 0 unspecified atom stereocenters. The maximum absolute atomic E-state index is 11.9. The first-order chi connectivity index (χ1) is 12.0. The van der Waals surface area contributed by atoms with E-state index in [0.29, 0.717) is 24.2 Å². The van der Waals surface area contributed by atoms with Gasteiger partial charge in [0.05, 0.1) is 17.8 Å². The molecule has 2 heterocycles. The van der Waals surface area contributed by atoms with Crippen LogP contribution in [0.3, 0.4) is 0 Å². The molecule has 1 aliphatic carbocycles. The van der Waals surface area contributed by atoms with Crippen LogP contribution in [0.1, 0.15) is 73.1 Å². The SMILES string of the molecule is C=C1CCC[C@](C)(O)C[C@@H]2O[C@H]1[C@@H]1[C@H]2[C@](C)(OC(C)=O)CC[C@H]1C(C)C. The smallest absolute Gasteiger partial charge is 0.303 e. The zero-order valence-corrected chi connectivity index (χ0v) is 17.1. The fourth-order valence-corrected chi connectivity index (χ4v) is 6.05. The Bertz CT molecular complexity index is 566. The quantitative estimate of drug-likeness (QED) is 0.588. The van der Waals surface area contributed by atoms with Gasteiger partial charge in [-0.1, -0.05) is 20.4 Å². The molecule has 0 aromatic carbocycles. The molecule has 0 amide bonds. The standard InChI is InChI=1S/C22H36O4/c1-13(2)16-9-11-22(6,26-15(4)23)19-17-12-21(5,24)10-7-8-14(3)20(25-17)18(16)19/h13,16-20,24H,3,7-12H2,1-2,4-6H3/t16-,17-,18-,19-,20+,21-,22+/m0/s1. The predicted molar refractivity (Wildman–Crippen MR) is 102 cm³/mol. The van der Waals surface area contributed by atoms with Crippen molar-refractivity contribution >= 4 is 5.97 Å². The summed E-state index contributed by atoms with van der Waals surface area (Å²) in [6.45, 7) is 14.4. The Morgan fingerprint density at radius 3 is 2.65 bits per heavy atom. The molecule has 0 aromatic rings. The molecule has 3 rings (SSSR count). The van der Waals surface area contributed by atoms with E-state index in [1.54, 1.807) is 0 Å². The Balaban J connectivity index is 2.04. The molecule has 1 saturated carbocycles. The maximum Gasteiger partial charge on any atom is 0.303 e. The monoisotopic (exact) mass is 364 g/mol. The topological polar surface area (TPSA) is 55.8 Å². The lowest BCUT2D eigenvalue weighted by Crippen LogP contribution is -2.53. The third-order valence-electron chi connectivity index (χ3n) is 7.15. The third-order valence-corrected chi connectivity index (χ3v) is 7.15. The number of aliphatic hydroxyl groups is 1. The third kappa shape index (κ3) is 3.60. The van der Waals surface area contributed by atoms with Crippen molar-refractivity contribution in [1.82, 2.24) is 0 Å². The Labute approximate surface area is 158 Å². The largest absolute Gasteiger partial charge is 0.459 e. The lowest BCUT2D eigenvalue weighted by atomic mass is 9.58. The number of esters is 1. The van der Waals surface area contributed by atoms with Crippen LogP contribution in [-0.2, 0) is 14.3 Å². The maximum atomic E-state index is 11.9. The van der Waals surface area contributed by atoms with E-state index >= 15 is 0 Å². The van der Waals surface area contributed by atoms with Gasteiger partial charge in [0.2, 0.25) is 0 Å². The molecule has 4 nitrogen and oxygen atoms in total. The van der Waals surface area contributed by atoms with Gasteiger partial charge in [-0.15, -0.1) is 0 Å². The molecule has 7 atom stereocenters. The average Bonchev–Trinajstić information content (AvgIpc) is 2.87. The van der Waals surface area contributed by atoms with Gasteiger partial charge in [-0.25, -0.2) is 0 Å². The molecule has 0 radical (unpaired) electrons. The van der Waals surface area contributed by atoms with E-state index in [9.17, 15) is 9.90 Å². The zero-order valence-electron chi connectivity index (χ0n) is 17.1. The highest BCUT2D eigenvalue weighted by Gasteiger charge is 2.60. The molecule has 0 spiro atoms. The van der Waals surface area contributed by atoms with Crippen LogP contribution in [0.25, 0.3) is 0 Å². The molecule has 0 aromatic heterocycles. The van der Waals surface area contributed by atoms with Gasteiger partial charge in [-0.05, 0) is 63.4 Å². The van der Waals surface area contributed by atoms with Crippen LogP contribution in [0, 0.1) is 23.7 Å². The van der Waals surface area contributed by atoms with Gasteiger partial charge in [0.1, 0.15) is 5.60 Å². The highest BCUT2D eigenvalue weighted by molar-refractivity contribution is 5.66. The second kappa shape index (κ2) is 6.94. The van der Waals surface area contributed by atoms with Crippen LogP contribution in [0.5, 0.6) is 0 Å². The van der Waals surface area contributed by atoms with Gasteiger partial charge in [0.25, 0.3) is 0 Å². The Hall–Kier alpha value is -0.870. The van der Waals surface area contributed by atoms with Crippen molar-refractivity contribution in [2.75, 3.05) is 0 Å². The van der Waals surface area contributed by atoms with Crippen LogP contribution < -0.4 is 0 Å². The highest BCUT2D eigenvalue weighted by atomic mass is 16.6. The molecule has 3 fully saturated rings. The minimum absolute atomic E-state index is 0.0153. The number of ether oxygens (including phenoxy) is 2. The van der Waals surface area contributed by atoms with E-state index < -0.39 is 11.2 Å². The summed E-state index contributed by atoms with van der Waals surface area (Å²) in [6.07, 6.45) is 5.02. The zero-order chi connectivity index (χ0) is 19.3. The summed E-state index contributed by atoms with van der Waals surface area (Å²) in [5.41, 5.74) is -0.133. The average molecular weight is 365 g/mol. The number of carbonyl (C=O) groups is 1. The molecule has 3 aliphatic rings. The van der Waals surface area contributed by atoms with E-state index in [-0.39, 0.29) is 24.1 Å². The molecular formula is C22H36O4. The van der Waals surface area contributed by atoms with Crippen LogP contribution in [0.4, 0.5) is 0 Å². The van der Waals surface area contributed by atoms with Crippen molar-refractivity contribution in [2.45, 2.75) is 96.6 Å². The Morgan fingerprint density at radius 1 is 1.35 bits per heavy atom. The van der Waals surface area contributed by atoms with Crippen molar-refractivity contribution in [3.05, 3.63) is 12.2 Å². The van der Waals surface area contributed by atoms with Crippen molar-refractivity contribution in [1.29, 1.82) is 0 Å². The summed E-state index contributed by atoms with van der Waals surface area (Å²) < 4.78 is 12.5. The van der Waals surface area contributed by atoms with Crippen LogP contribution >= 0.6 is 0 Å². The first-order valence-electron chi connectivity index (χ1n) is 10.3. The lowest BCUT2D eigenvalue weighted by Gasteiger charge is -2.49. The summed E-state index contributed by atoms with van der Waals surface area (Å²) >= 11 is 0.